The number of hydrogen-bond donors (Lipinski definition) is 2. The third-order valence-electron chi connectivity index (χ3n) is 4.59. The molecule has 1 aliphatic rings. The molecule has 0 saturated heterocycles. The molecule has 1 aromatic rings. The first-order valence-corrected chi connectivity index (χ1v) is 8.27. The lowest BCUT2D eigenvalue weighted by Gasteiger charge is -2.25. The van der Waals surface area contributed by atoms with Crippen LogP contribution in [0.2, 0.25) is 0 Å². The maximum absolute atomic E-state index is 11.8. The van der Waals surface area contributed by atoms with E-state index < -0.39 is 0 Å². The molecule has 1 saturated carbocycles. The van der Waals surface area contributed by atoms with E-state index in [1.54, 1.807) is 0 Å². The van der Waals surface area contributed by atoms with Crippen LogP contribution in [0.15, 0.2) is 30.3 Å². The molecule has 3 N–H and O–H groups in total. The molecule has 0 spiro atoms. The van der Waals surface area contributed by atoms with Gasteiger partial charge < -0.3 is 11.1 Å². The highest BCUT2D eigenvalue weighted by atomic mass is 16.1. The fourth-order valence-corrected chi connectivity index (χ4v) is 3.27. The number of amides is 1. The highest BCUT2D eigenvalue weighted by Crippen LogP contribution is 2.22. The van der Waals surface area contributed by atoms with E-state index in [0.29, 0.717) is 12.0 Å². The van der Waals surface area contributed by atoms with Crippen molar-refractivity contribution in [2.75, 3.05) is 0 Å². The molecule has 0 radical (unpaired) electrons. The summed E-state index contributed by atoms with van der Waals surface area (Å²) in [5.74, 6) is 0.115. The van der Waals surface area contributed by atoms with Crippen LogP contribution in [0.3, 0.4) is 0 Å². The molecule has 0 bridgehead atoms. The van der Waals surface area contributed by atoms with E-state index in [4.69, 9.17) is 5.73 Å². The van der Waals surface area contributed by atoms with Crippen molar-refractivity contribution in [2.45, 2.75) is 69.9 Å². The van der Waals surface area contributed by atoms with Crippen LogP contribution in [0.4, 0.5) is 0 Å². The van der Waals surface area contributed by atoms with Crippen molar-refractivity contribution in [2.24, 2.45) is 5.73 Å². The average Bonchev–Trinajstić information content (AvgIpc) is 2.76. The number of nitrogens with two attached hydrogens (primary N) is 1. The van der Waals surface area contributed by atoms with E-state index >= 15 is 0 Å². The summed E-state index contributed by atoms with van der Waals surface area (Å²) in [5.41, 5.74) is 6.89. The molecular formula is C18H28N2O. The van der Waals surface area contributed by atoms with Gasteiger partial charge in [-0.1, -0.05) is 62.9 Å². The van der Waals surface area contributed by atoms with Crippen molar-refractivity contribution >= 4 is 5.91 Å². The summed E-state index contributed by atoms with van der Waals surface area (Å²) in [4.78, 5) is 11.8. The molecule has 116 valence electrons. The van der Waals surface area contributed by atoms with Gasteiger partial charge in [-0.25, -0.2) is 0 Å². The Balaban J connectivity index is 1.93. The predicted molar refractivity (Wildman–Crippen MR) is 87.1 cm³/mol. The van der Waals surface area contributed by atoms with Crippen molar-refractivity contribution in [3.8, 4) is 0 Å². The summed E-state index contributed by atoms with van der Waals surface area (Å²) in [5, 5.41) is 3.52. The first-order chi connectivity index (χ1) is 10.2. The second-order valence-electron chi connectivity index (χ2n) is 6.36. The Kier molecular flexibility index (Phi) is 6.24. The summed E-state index contributed by atoms with van der Waals surface area (Å²) in [7, 11) is 0. The summed E-state index contributed by atoms with van der Waals surface area (Å²) in [6.07, 6.45) is 8.28. The fraction of sp³-hybridized carbons (Fsp3) is 0.611. The first-order valence-electron chi connectivity index (χ1n) is 8.27. The van der Waals surface area contributed by atoms with Crippen LogP contribution in [0.5, 0.6) is 0 Å². The highest BCUT2D eigenvalue weighted by molar-refractivity contribution is 5.80. The van der Waals surface area contributed by atoms with Crippen LogP contribution in [0.1, 0.15) is 63.4 Å². The first kappa shape index (κ1) is 16.0. The van der Waals surface area contributed by atoms with Gasteiger partial charge in [-0.3, -0.25) is 4.79 Å². The molecule has 2 unspecified atom stereocenters. The van der Waals surface area contributed by atoms with Crippen LogP contribution >= 0.6 is 0 Å². The third kappa shape index (κ3) is 5.16. The fourth-order valence-electron chi connectivity index (χ4n) is 3.27. The van der Waals surface area contributed by atoms with Crippen LogP contribution in [-0.2, 0) is 4.79 Å². The zero-order valence-corrected chi connectivity index (χ0v) is 13.1. The van der Waals surface area contributed by atoms with Gasteiger partial charge in [0.05, 0.1) is 6.04 Å². The normalized spacial score (nSPS) is 19.7. The van der Waals surface area contributed by atoms with Crippen LogP contribution in [-0.4, -0.2) is 18.0 Å². The minimum absolute atomic E-state index is 0.219. The quantitative estimate of drug-likeness (QED) is 0.789. The number of primary amides is 1. The SMILES string of the molecule is CC(CC(NC1CCCCCC1)C(N)=O)c1ccccc1. The molecular weight excluding hydrogens is 260 g/mol. The van der Waals surface area contributed by atoms with E-state index in [9.17, 15) is 4.79 Å². The third-order valence-corrected chi connectivity index (χ3v) is 4.59. The number of carbonyl (C=O) groups is 1. The summed E-state index contributed by atoms with van der Waals surface area (Å²) in [6, 6.07) is 10.6. The number of carbonyl (C=O) groups excluding carboxylic acids is 1. The Morgan fingerprint density at radius 3 is 2.38 bits per heavy atom. The van der Waals surface area contributed by atoms with Gasteiger partial charge in [0.1, 0.15) is 0 Å². The Morgan fingerprint density at radius 1 is 1.19 bits per heavy atom. The zero-order chi connectivity index (χ0) is 15.1. The number of benzene rings is 1. The van der Waals surface area contributed by atoms with Gasteiger partial charge in [0.25, 0.3) is 0 Å². The summed E-state index contributed by atoms with van der Waals surface area (Å²) in [6.45, 7) is 2.17. The molecule has 1 fully saturated rings. The van der Waals surface area contributed by atoms with E-state index in [1.165, 1.54) is 44.1 Å². The Labute approximate surface area is 128 Å². The maximum atomic E-state index is 11.8. The van der Waals surface area contributed by atoms with Crippen LogP contribution in [0.25, 0.3) is 0 Å². The van der Waals surface area contributed by atoms with Crippen LogP contribution < -0.4 is 11.1 Å². The summed E-state index contributed by atoms with van der Waals surface area (Å²) < 4.78 is 0. The standard InChI is InChI=1S/C18H28N2O/c1-14(15-9-5-4-6-10-15)13-17(18(19)21)20-16-11-7-2-3-8-12-16/h4-6,9-10,14,16-17,20H,2-3,7-8,11-13H2,1H3,(H2,19,21). The van der Waals surface area contributed by atoms with Crippen molar-refractivity contribution in [1.82, 2.24) is 5.32 Å². The maximum Gasteiger partial charge on any atom is 0.234 e. The largest absolute Gasteiger partial charge is 0.368 e. The molecule has 3 nitrogen and oxygen atoms in total. The Bertz CT molecular complexity index is 424. The van der Waals surface area contributed by atoms with E-state index in [0.717, 1.165) is 6.42 Å². The molecule has 1 aliphatic carbocycles. The molecule has 3 heteroatoms. The van der Waals surface area contributed by atoms with Gasteiger partial charge in [-0.05, 0) is 30.7 Å². The lowest BCUT2D eigenvalue weighted by atomic mass is 9.93. The summed E-state index contributed by atoms with van der Waals surface area (Å²) >= 11 is 0. The molecule has 1 aromatic carbocycles. The van der Waals surface area contributed by atoms with Gasteiger partial charge in [-0.15, -0.1) is 0 Å². The minimum atomic E-state index is -0.220. The highest BCUT2D eigenvalue weighted by Gasteiger charge is 2.23. The van der Waals surface area contributed by atoms with Gasteiger partial charge in [-0.2, -0.15) is 0 Å². The molecule has 0 aromatic heterocycles. The van der Waals surface area contributed by atoms with Gasteiger partial charge in [0.2, 0.25) is 5.91 Å². The average molecular weight is 288 g/mol. The Hall–Kier alpha value is -1.35. The second-order valence-corrected chi connectivity index (χ2v) is 6.36. The van der Waals surface area contributed by atoms with Crippen LogP contribution in [0, 0.1) is 0 Å². The van der Waals surface area contributed by atoms with E-state index in [1.807, 2.05) is 18.2 Å². The number of hydrogen-bond acceptors (Lipinski definition) is 2. The zero-order valence-electron chi connectivity index (χ0n) is 13.1. The molecule has 2 rings (SSSR count). The topological polar surface area (TPSA) is 55.1 Å². The monoisotopic (exact) mass is 288 g/mol. The molecule has 0 aliphatic heterocycles. The predicted octanol–water partition coefficient (Wildman–Crippen LogP) is 3.35. The van der Waals surface area contributed by atoms with Gasteiger partial charge in [0.15, 0.2) is 0 Å². The van der Waals surface area contributed by atoms with E-state index in [-0.39, 0.29) is 11.9 Å². The lowest BCUT2D eigenvalue weighted by molar-refractivity contribution is -0.120. The molecule has 21 heavy (non-hydrogen) atoms. The second kappa shape index (κ2) is 8.18. The lowest BCUT2D eigenvalue weighted by Crippen LogP contribution is -2.47. The number of rotatable bonds is 6. The van der Waals surface area contributed by atoms with Crippen molar-refractivity contribution in [3.63, 3.8) is 0 Å². The van der Waals surface area contributed by atoms with Crippen molar-refractivity contribution < 1.29 is 4.79 Å². The minimum Gasteiger partial charge on any atom is -0.368 e. The molecule has 0 heterocycles. The Morgan fingerprint density at radius 2 is 1.81 bits per heavy atom. The van der Waals surface area contributed by atoms with Crippen molar-refractivity contribution in [1.29, 1.82) is 0 Å². The van der Waals surface area contributed by atoms with E-state index in [2.05, 4.69) is 24.4 Å². The molecule has 1 amide bonds. The van der Waals surface area contributed by atoms with Gasteiger partial charge >= 0.3 is 0 Å². The smallest absolute Gasteiger partial charge is 0.234 e. The van der Waals surface area contributed by atoms with Crippen molar-refractivity contribution in [3.05, 3.63) is 35.9 Å². The molecule has 2 atom stereocenters. The number of nitrogens with one attached hydrogen (secondary N) is 1. The van der Waals surface area contributed by atoms with Gasteiger partial charge in [0, 0.05) is 6.04 Å².